The standard InChI is InChI=1S/C16H24N2/c1-11-4-6-15(7-5-11)18-10-14-8-12(2)13(3)9-16(14)17/h8-11,15H,4-7,17H2,1-3H3. The van der Waals surface area contributed by atoms with Crippen LogP contribution >= 0.6 is 0 Å². The van der Waals surface area contributed by atoms with Gasteiger partial charge in [0, 0.05) is 23.5 Å². The molecule has 0 spiro atoms. The molecule has 2 nitrogen and oxygen atoms in total. The zero-order chi connectivity index (χ0) is 13.1. The summed E-state index contributed by atoms with van der Waals surface area (Å²) in [4.78, 5) is 4.71. The van der Waals surface area contributed by atoms with Gasteiger partial charge in [-0.25, -0.2) is 0 Å². The fraction of sp³-hybridized carbons (Fsp3) is 0.562. The number of anilines is 1. The summed E-state index contributed by atoms with van der Waals surface area (Å²) >= 11 is 0. The maximum atomic E-state index is 6.04. The fourth-order valence-corrected chi connectivity index (χ4v) is 2.55. The Labute approximate surface area is 110 Å². The number of aryl methyl sites for hydroxylation is 2. The molecule has 0 unspecified atom stereocenters. The second-order valence-corrected chi connectivity index (χ2v) is 5.76. The Bertz CT molecular complexity index is 441. The molecule has 1 saturated carbocycles. The van der Waals surface area contributed by atoms with Crippen molar-refractivity contribution >= 4 is 11.9 Å². The average Bonchev–Trinajstić information content (AvgIpc) is 2.34. The SMILES string of the molecule is Cc1cc(N)c(C=NC2CCC(C)CC2)cc1C. The molecule has 1 aliphatic carbocycles. The first kappa shape index (κ1) is 13.1. The third-order valence-corrected chi connectivity index (χ3v) is 4.11. The fourth-order valence-electron chi connectivity index (χ4n) is 2.55. The minimum atomic E-state index is 0.502. The van der Waals surface area contributed by atoms with Gasteiger partial charge in [0.2, 0.25) is 0 Å². The molecule has 1 aromatic rings. The summed E-state index contributed by atoms with van der Waals surface area (Å²) in [5.41, 5.74) is 10.5. The smallest absolute Gasteiger partial charge is 0.0500 e. The summed E-state index contributed by atoms with van der Waals surface area (Å²) in [6.45, 7) is 6.55. The van der Waals surface area contributed by atoms with Crippen molar-refractivity contribution in [2.45, 2.75) is 52.5 Å². The molecule has 2 N–H and O–H groups in total. The molecular weight excluding hydrogens is 220 g/mol. The Morgan fingerprint density at radius 2 is 1.72 bits per heavy atom. The zero-order valence-corrected chi connectivity index (χ0v) is 11.7. The van der Waals surface area contributed by atoms with Crippen LogP contribution in [0.5, 0.6) is 0 Å². The highest BCUT2D eigenvalue weighted by Crippen LogP contribution is 2.25. The van der Waals surface area contributed by atoms with Gasteiger partial charge in [-0.3, -0.25) is 4.99 Å². The van der Waals surface area contributed by atoms with Crippen LogP contribution in [-0.2, 0) is 0 Å². The summed E-state index contributed by atoms with van der Waals surface area (Å²) in [5.74, 6) is 0.878. The molecule has 2 heteroatoms. The van der Waals surface area contributed by atoms with Gasteiger partial charge in [0.1, 0.15) is 0 Å². The largest absolute Gasteiger partial charge is 0.398 e. The van der Waals surface area contributed by atoms with Crippen molar-refractivity contribution in [3.8, 4) is 0 Å². The third kappa shape index (κ3) is 3.12. The molecule has 0 aliphatic heterocycles. The Kier molecular flexibility index (Phi) is 4.05. The molecule has 98 valence electrons. The van der Waals surface area contributed by atoms with E-state index < -0.39 is 0 Å². The van der Waals surface area contributed by atoms with Crippen LogP contribution in [-0.4, -0.2) is 12.3 Å². The summed E-state index contributed by atoms with van der Waals surface area (Å²) in [6, 6.07) is 4.68. The topological polar surface area (TPSA) is 38.4 Å². The molecule has 1 aromatic carbocycles. The molecule has 0 amide bonds. The monoisotopic (exact) mass is 244 g/mol. The van der Waals surface area contributed by atoms with Gasteiger partial charge in [-0.2, -0.15) is 0 Å². The van der Waals surface area contributed by atoms with Crippen LogP contribution in [0.4, 0.5) is 5.69 Å². The Morgan fingerprint density at radius 1 is 1.11 bits per heavy atom. The molecule has 2 rings (SSSR count). The quantitative estimate of drug-likeness (QED) is 0.622. The van der Waals surface area contributed by atoms with E-state index in [4.69, 9.17) is 10.7 Å². The summed E-state index contributed by atoms with van der Waals surface area (Å²) in [7, 11) is 0. The molecule has 0 heterocycles. The van der Waals surface area contributed by atoms with Crippen molar-refractivity contribution < 1.29 is 0 Å². The van der Waals surface area contributed by atoms with E-state index in [0.29, 0.717) is 6.04 Å². The van der Waals surface area contributed by atoms with E-state index in [9.17, 15) is 0 Å². The van der Waals surface area contributed by atoms with Gasteiger partial charge in [-0.05, 0) is 68.7 Å². The van der Waals surface area contributed by atoms with E-state index in [2.05, 4.69) is 26.8 Å². The van der Waals surface area contributed by atoms with Gasteiger partial charge in [-0.15, -0.1) is 0 Å². The second-order valence-electron chi connectivity index (χ2n) is 5.76. The van der Waals surface area contributed by atoms with Crippen LogP contribution in [0.2, 0.25) is 0 Å². The Balaban J connectivity index is 2.07. The number of benzene rings is 1. The molecular formula is C16H24N2. The molecule has 0 bridgehead atoms. The van der Waals surface area contributed by atoms with E-state index in [1.54, 1.807) is 0 Å². The lowest BCUT2D eigenvalue weighted by Gasteiger charge is -2.23. The first-order valence-corrected chi connectivity index (χ1v) is 6.96. The lowest BCUT2D eigenvalue weighted by atomic mass is 9.88. The molecule has 0 atom stereocenters. The zero-order valence-electron chi connectivity index (χ0n) is 11.7. The van der Waals surface area contributed by atoms with Crippen LogP contribution in [0.1, 0.15) is 49.3 Å². The van der Waals surface area contributed by atoms with Gasteiger partial charge in [0.15, 0.2) is 0 Å². The Hall–Kier alpha value is -1.31. The molecule has 1 fully saturated rings. The van der Waals surface area contributed by atoms with Gasteiger partial charge in [-0.1, -0.05) is 6.92 Å². The molecule has 0 radical (unpaired) electrons. The summed E-state index contributed by atoms with van der Waals surface area (Å²) in [5, 5.41) is 0. The number of hydrogen-bond acceptors (Lipinski definition) is 2. The first-order chi connectivity index (χ1) is 8.56. The summed E-state index contributed by atoms with van der Waals surface area (Å²) in [6.07, 6.45) is 7.04. The van der Waals surface area contributed by atoms with E-state index in [1.165, 1.54) is 36.8 Å². The highest BCUT2D eigenvalue weighted by atomic mass is 14.8. The minimum Gasteiger partial charge on any atom is -0.398 e. The van der Waals surface area contributed by atoms with Gasteiger partial charge < -0.3 is 5.73 Å². The van der Waals surface area contributed by atoms with Gasteiger partial charge in [0.05, 0.1) is 0 Å². The highest BCUT2D eigenvalue weighted by Gasteiger charge is 2.16. The number of rotatable bonds is 2. The number of nitrogens with two attached hydrogens (primary N) is 1. The van der Waals surface area contributed by atoms with E-state index in [0.717, 1.165) is 17.2 Å². The summed E-state index contributed by atoms with van der Waals surface area (Å²) < 4.78 is 0. The maximum absolute atomic E-state index is 6.04. The second kappa shape index (κ2) is 5.55. The predicted octanol–water partition coefficient (Wildman–Crippen LogP) is 3.88. The van der Waals surface area contributed by atoms with Crippen molar-refractivity contribution in [3.63, 3.8) is 0 Å². The van der Waals surface area contributed by atoms with E-state index in [1.807, 2.05) is 12.3 Å². The first-order valence-electron chi connectivity index (χ1n) is 6.96. The number of nitrogens with zero attached hydrogens (tertiary/aromatic N) is 1. The van der Waals surface area contributed by atoms with Crippen molar-refractivity contribution in [3.05, 3.63) is 28.8 Å². The van der Waals surface area contributed by atoms with Crippen molar-refractivity contribution in [2.75, 3.05) is 5.73 Å². The van der Waals surface area contributed by atoms with Crippen LogP contribution in [0.15, 0.2) is 17.1 Å². The van der Waals surface area contributed by atoms with E-state index in [-0.39, 0.29) is 0 Å². The lowest BCUT2D eigenvalue weighted by Crippen LogP contribution is -2.15. The number of hydrogen-bond donors (Lipinski definition) is 1. The van der Waals surface area contributed by atoms with Crippen molar-refractivity contribution in [1.29, 1.82) is 0 Å². The van der Waals surface area contributed by atoms with Gasteiger partial charge in [0.25, 0.3) is 0 Å². The van der Waals surface area contributed by atoms with Crippen LogP contribution in [0.25, 0.3) is 0 Å². The van der Waals surface area contributed by atoms with Crippen molar-refractivity contribution in [1.82, 2.24) is 0 Å². The van der Waals surface area contributed by atoms with E-state index >= 15 is 0 Å². The minimum absolute atomic E-state index is 0.502. The predicted molar refractivity (Wildman–Crippen MR) is 79.3 cm³/mol. The number of aliphatic imine (C=N–C) groups is 1. The average molecular weight is 244 g/mol. The van der Waals surface area contributed by atoms with Crippen LogP contribution in [0, 0.1) is 19.8 Å². The maximum Gasteiger partial charge on any atom is 0.0500 e. The third-order valence-electron chi connectivity index (χ3n) is 4.11. The normalized spacial score (nSPS) is 24.6. The lowest BCUT2D eigenvalue weighted by molar-refractivity contribution is 0.350. The molecule has 18 heavy (non-hydrogen) atoms. The van der Waals surface area contributed by atoms with Crippen LogP contribution < -0.4 is 5.73 Å². The van der Waals surface area contributed by atoms with Gasteiger partial charge >= 0.3 is 0 Å². The number of nitrogen functional groups attached to an aromatic ring is 1. The molecule has 1 aliphatic rings. The molecule has 0 aromatic heterocycles. The van der Waals surface area contributed by atoms with Crippen LogP contribution in [0.3, 0.4) is 0 Å². The molecule has 0 saturated heterocycles. The van der Waals surface area contributed by atoms with Crippen molar-refractivity contribution in [2.24, 2.45) is 10.9 Å². The highest BCUT2D eigenvalue weighted by molar-refractivity contribution is 5.87. The Morgan fingerprint density at radius 3 is 2.39 bits per heavy atom.